The number of hydrogen-bond donors (Lipinski definition) is 1. The Kier molecular flexibility index (Phi) is 8.19. The number of phenolic OH excluding ortho intramolecular Hbond substituents is 1. The Morgan fingerprint density at radius 2 is 0.578 bits per heavy atom. The molecule has 0 saturated heterocycles. The number of aromatic hydroxyl groups is 1. The molecule has 1 N–H and O–H groups in total. The average molecular weight is 589 g/mol. The van der Waals surface area contributed by atoms with Crippen molar-refractivity contribution in [1.29, 1.82) is 0 Å². The lowest BCUT2D eigenvalue weighted by Gasteiger charge is -2.30. The van der Waals surface area contributed by atoms with Crippen molar-refractivity contribution in [2.45, 2.75) is 40.0 Å². The molecule has 0 unspecified atom stereocenters. The molecule has 0 aliphatic carbocycles. The van der Waals surface area contributed by atoms with Crippen molar-refractivity contribution in [2.75, 3.05) is 9.80 Å². The van der Waals surface area contributed by atoms with Gasteiger partial charge in [0.2, 0.25) is 0 Å². The first-order valence-electron chi connectivity index (χ1n) is 15.5. The topological polar surface area (TPSA) is 26.7 Å². The van der Waals surface area contributed by atoms with Gasteiger partial charge in [-0.3, -0.25) is 0 Å². The summed E-state index contributed by atoms with van der Waals surface area (Å²) in [6.45, 7) is 10.9. The molecule has 0 aliphatic rings. The molecule has 6 rings (SSSR count). The molecule has 0 amide bonds. The van der Waals surface area contributed by atoms with Crippen LogP contribution >= 0.6 is 0 Å². The summed E-state index contributed by atoms with van der Waals surface area (Å²) in [5.41, 5.74) is 12.5. The molecular formula is C42H40N2O. The van der Waals surface area contributed by atoms with E-state index in [0.29, 0.717) is 0 Å². The fraction of sp³-hybridized carbons (Fsp3) is 0.143. The third-order valence-corrected chi connectivity index (χ3v) is 8.68. The molecule has 0 radical (unpaired) electrons. The van der Waals surface area contributed by atoms with E-state index in [1.165, 1.54) is 27.8 Å². The van der Waals surface area contributed by atoms with Gasteiger partial charge >= 0.3 is 0 Å². The predicted molar refractivity (Wildman–Crippen MR) is 190 cm³/mol. The first-order chi connectivity index (χ1) is 21.7. The van der Waals surface area contributed by atoms with Gasteiger partial charge in [0.15, 0.2) is 0 Å². The van der Waals surface area contributed by atoms with Gasteiger partial charge in [-0.2, -0.15) is 0 Å². The van der Waals surface area contributed by atoms with Crippen LogP contribution in [0.5, 0.6) is 5.75 Å². The van der Waals surface area contributed by atoms with Crippen LogP contribution in [-0.2, 0) is 5.41 Å². The molecule has 0 saturated carbocycles. The number of phenols is 1. The Balaban J connectivity index is 1.31. The number of nitrogens with zero attached hydrogens (tertiary/aromatic N) is 2. The van der Waals surface area contributed by atoms with Crippen molar-refractivity contribution in [3.8, 4) is 5.75 Å². The summed E-state index contributed by atoms with van der Waals surface area (Å²) < 4.78 is 0. The summed E-state index contributed by atoms with van der Waals surface area (Å²) in [4.78, 5) is 4.53. The van der Waals surface area contributed by atoms with E-state index in [9.17, 15) is 5.11 Å². The lowest BCUT2D eigenvalue weighted by atomic mass is 9.78. The molecule has 0 aliphatic heterocycles. The molecule has 45 heavy (non-hydrogen) atoms. The third kappa shape index (κ3) is 6.34. The Bertz CT molecular complexity index is 1620. The highest BCUT2D eigenvalue weighted by molar-refractivity contribution is 5.78. The van der Waals surface area contributed by atoms with Crippen LogP contribution in [0, 0.1) is 20.8 Å². The summed E-state index contributed by atoms with van der Waals surface area (Å²) in [6, 6.07) is 51.1. The Morgan fingerprint density at radius 3 is 0.844 bits per heavy atom. The second-order valence-corrected chi connectivity index (χ2v) is 12.4. The minimum Gasteiger partial charge on any atom is -0.508 e. The molecule has 0 spiro atoms. The van der Waals surface area contributed by atoms with Gasteiger partial charge in [0.05, 0.1) is 0 Å². The van der Waals surface area contributed by atoms with E-state index in [0.717, 1.165) is 34.1 Å². The predicted octanol–water partition coefficient (Wildman–Crippen LogP) is 11.6. The number of rotatable bonds is 8. The SMILES string of the molecule is Cc1ccc(N(c2ccc(C)cc2)c2ccc(C(C)(C)c3ccc(N(c4ccc(C)cc4)c4ccc(O)cc4)cc3)cc2)cc1. The van der Waals surface area contributed by atoms with Gasteiger partial charge in [0, 0.05) is 39.5 Å². The molecule has 3 heteroatoms. The summed E-state index contributed by atoms with van der Waals surface area (Å²) >= 11 is 0. The van der Waals surface area contributed by atoms with Gasteiger partial charge < -0.3 is 14.9 Å². The van der Waals surface area contributed by atoms with Gasteiger partial charge in [-0.15, -0.1) is 0 Å². The van der Waals surface area contributed by atoms with Crippen molar-refractivity contribution in [1.82, 2.24) is 0 Å². The van der Waals surface area contributed by atoms with Crippen LogP contribution in [0.15, 0.2) is 146 Å². The number of anilines is 6. The maximum absolute atomic E-state index is 9.91. The van der Waals surface area contributed by atoms with Crippen LogP contribution in [0.2, 0.25) is 0 Å². The monoisotopic (exact) mass is 588 g/mol. The molecule has 0 bridgehead atoms. The van der Waals surface area contributed by atoms with E-state index in [4.69, 9.17) is 0 Å². The van der Waals surface area contributed by atoms with Gasteiger partial charge in [-0.1, -0.05) is 91.2 Å². The van der Waals surface area contributed by atoms with Crippen LogP contribution in [0.25, 0.3) is 0 Å². The van der Waals surface area contributed by atoms with Crippen molar-refractivity contribution in [3.63, 3.8) is 0 Å². The highest BCUT2D eigenvalue weighted by Crippen LogP contribution is 2.40. The van der Waals surface area contributed by atoms with Gasteiger partial charge in [-0.05, 0) is 117 Å². The summed E-state index contributed by atoms with van der Waals surface area (Å²) in [7, 11) is 0. The summed E-state index contributed by atoms with van der Waals surface area (Å²) in [6.07, 6.45) is 0. The second-order valence-electron chi connectivity index (χ2n) is 12.4. The largest absolute Gasteiger partial charge is 0.508 e. The zero-order valence-corrected chi connectivity index (χ0v) is 26.7. The quantitative estimate of drug-likeness (QED) is 0.192. The number of hydrogen-bond acceptors (Lipinski definition) is 3. The lowest BCUT2D eigenvalue weighted by Crippen LogP contribution is -2.19. The van der Waals surface area contributed by atoms with Gasteiger partial charge in [-0.25, -0.2) is 0 Å². The zero-order valence-electron chi connectivity index (χ0n) is 26.7. The number of aryl methyl sites for hydroxylation is 3. The van der Waals surface area contributed by atoms with E-state index >= 15 is 0 Å². The molecule has 6 aromatic carbocycles. The summed E-state index contributed by atoms with van der Waals surface area (Å²) in [5.74, 6) is 0.256. The fourth-order valence-electron chi connectivity index (χ4n) is 5.80. The van der Waals surface area contributed by atoms with Crippen LogP contribution < -0.4 is 9.80 Å². The Labute approximate surface area is 267 Å². The van der Waals surface area contributed by atoms with Crippen molar-refractivity contribution in [3.05, 3.63) is 173 Å². The molecular weight excluding hydrogens is 548 g/mol. The zero-order chi connectivity index (χ0) is 31.6. The normalized spacial score (nSPS) is 11.3. The Hall–Kier alpha value is -5.28. The van der Waals surface area contributed by atoms with Gasteiger partial charge in [0.25, 0.3) is 0 Å². The van der Waals surface area contributed by atoms with E-state index in [1.54, 1.807) is 12.1 Å². The molecule has 3 nitrogen and oxygen atoms in total. The van der Waals surface area contributed by atoms with Crippen LogP contribution in [0.3, 0.4) is 0 Å². The van der Waals surface area contributed by atoms with Crippen LogP contribution in [0.4, 0.5) is 34.1 Å². The van der Waals surface area contributed by atoms with E-state index in [2.05, 4.69) is 166 Å². The van der Waals surface area contributed by atoms with Gasteiger partial charge in [0.1, 0.15) is 5.75 Å². The molecule has 224 valence electrons. The first kappa shape index (κ1) is 29.8. The molecule has 0 heterocycles. The van der Waals surface area contributed by atoms with E-state index in [1.807, 2.05) is 12.1 Å². The average Bonchev–Trinajstić information content (AvgIpc) is 3.05. The lowest BCUT2D eigenvalue weighted by molar-refractivity contribution is 0.475. The molecule has 6 aromatic rings. The van der Waals surface area contributed by atoms with E-state index in [-0.39, 0.29) is 11.2 Å². The molecule has 0 atom stereocenters. The maximum atomic E-state index is 9.91. The highest BCUT2D eigenvalue weighted by Gasteiger charge is 2.24. The van der Waals surface area contributed by atoms with Crippen LogP contribution in [0.1, 0.15) is 41.7 Å². The minimum absolute atomic E-state index is 0.206. The second kappa shape index (κ2) is 12.4. The summed E-state index contributed by atoms with van der Waals surface area (Å²) in [5, 5.41) is 9.91. The van der Waals surface area contributed by atoms with E-state index < -0.39 is 0 Å². The molecule has 0 aromatic heterocycles. The van der Waals surface area contributed by atoms with Crippen molar-refractivity contribution >= 4 is 34.1 Å². The smallest absolute Gasteiger partial charge is 0.115 e. The third-order valence-electron chi connectivity index (χ3n) is 8.68. The maximum Gasteiger partial charge on any atom is 0.115 e. The first-order valence-corrected chi connectivity index (χ1v) is 15.5. The minimum atomic E-state index is -0.206. The van der Waals surface area contributed by atoms with Crippen LogP contribution in [-0.4, -0.2) is 5.11 Å². The fourth-order valence-corrected chi connectivity index (χ4v) is 5.80. The Morgan fingerprint density at radius 1 is 0.356 bits per heavy atom. The highest BCUT2D eigenvalue weighted by atomic mass is 16.3. The van der Waals surface area contributed by atoms with Crippen molar-refractivity contribution in [2.24, 2.45) is 0 Å². The van der Waals surface area contributed by atoms with Crippen molar-refractivity contribution < 1.29 is 5.11 Å². The standard InChI is InChI=1S/C42H40N2O/c1-30-6-16-35(17-7-30)43(36-18-8-31(2)9-19-36)38-22-12-33(13-23-38)42(4,5)34-14-24-39(25-15-34)44(37-20-10-32(3)11-21-37)40-26-28-41(45)29-27-40/h6-29,45H,1-5H3. The number of benzene rings is 6. The molecule has 0 fully saturated rings.